The Morgan fingerprint density at radius 2 is 2.07 bits per heavy atom. The fourth-order valence-corrected chi connectivity index (χ4v) is 1.87. The van der Waals surface area contributed by atoms with E-state index in [1.807, 2.05) is 43.3 Å². The molecule has 2 aromatic carbocycles. The van der Waals surface area contributed by atoms with E-state index in [4.69, 9.17) is 11.6 Å². The van der Waals surface area contributed by atoms with E-state index in [0.717, 1.165) is 16.3 Å². The second-order valence-corrected chi connectivity index (χ2v) is 3.88. The summed E-state index contributed by atoms with van der Waals surface area (Å²) in [5.74, 6) is 0.169. The number of hydrogen-bond donors (Lipinski definition) is 0. The van der Waals surface area contributed by atoms with E-state index < -0.39 is 0 Å². The zero-order valence-electron chi connectivity index (χ0n) is 8.46. The quantitative estimate of drug-likeness (QED) is 0.694. The van der Waals surface area contributed by atoms with Gasteiger partial charge in [0.2, 0.25) is 0 Å². The minimum Gasteiger partial charge on any atom is -0.294 e. The number of Topliss-reactive ketones (excluding diaryl/α,β-unsaturated/α-hetero) is 1. The van der Waals surface area contributed by atoms with Crippen LogP contribution in [0.5, 0.6) is 0 Å². The number of carbonyl (C=O) groups is 1. The Balaban J connectivity index is 2.71. The van der Waals surface area contributed by atoms with Crippen LogP contribution in [0.1, 0.15) is 23.7 Å². The Kier molecular flexibility index (Phi) is 2.74. The molecule has 0 atom stereocenters. The van der Waals surface area contributed by atoms with E-state index in [1.165, 1.54) is 0 Å². The summed E-state index contributed by atoms with van der Waals surface area (Å²) in [5.41, 5.74) is 0.784. The number of halogens is 1. The lowest BCUT2D eigenvalue weighted by molar-refractivity contribution is 0.0990. The van der Waals surface area contributed by atoms with Crippen molar-refractivity contribution >= 4 is 28.2 Å². The lowest BCUT2D eigenvalue weighted by atomic mass is 10.0. The minimum absolute atomic E-state index is 0.169. The van der Waals surface area contributed by atoms with E-state index >= 15 is 0 Å². The highest BCUT2D eigenvalue weighted by atomic mass is 35.5. The molecule has 0 aliphatic heterocycles. The first-order valence-electron chi connectivity index (χ1n) is 4.94. The van der Waals surface area contributed by atoms with Crippen molar-refractivity contribution in [2.24, 2.45) is 0 Å². The molecular formula is C13H11ClO. The highest BCUT2D eigenvalue weighted by Crippen LogP contribution is 2.23. The first-order chi connectivity index (χ1) is 7.22. The normalized spacial score (nSPS) is 10.5. The molecule has 0 saturated carbocycles. The Morgan fingerprint density at radius 3 is 2.80 bits per heavy atom. The fourth-order valence-electron chi connectivity index (χ4n) is 1.69. The van der Waals surface area contributed by atoms with Crippen LogP contribution in [-0.2, 0) is 0 Å². The molecule has 0 aromatic heterocycles. The molecule has 0 bridgehead atoms. The summed E-state index contributed by atoms with van der Waals surface area (Å²) < 4.78 is 0. The molecule has 0 radical (unpaired) electrons. The molecule has 2 rings (SSSR count). The molecule has 76 valence electrons. The minimum atomic E-state index is 0.169. The van der Waals surface area contributed by atoms with Crippen LogP contribution in [-0.4, -0.2) is 5.78 Å². The summed E-state index contributed by atoms with van der Waals surface area (Å²) in [6.45, 7) is 1.87. The molecule has 0 saturated heterocycles. The lowest BCUT2D eigenvalue weighted by Crippen LogP contribution is -1.97. The SMILES string of the molecule is CCC(=O)c1cccc2cc(Cl)ccc12. The van der Waals surface area contributed by atoms with E-state index in [0.29, 0.717) is 11.4 Å². The monoisotopic (exact) mass is 218 g/mol. The van der Waals surface area contributed by atoms with Crippen LogP contribution in [0.2, 0.25) is 5.02 Å². The highest BCUT2D eigenvalue weighted by Gasteiger charge is 2.07. The lowest BCUT2D eigenvalue weighted by Gasteiger charge is -2.04. The molecule has 0 N–H and O–H groups in total. The Hall–Kier alpha value is -1.34. The second kappa shape index (κ2) is 4.03. The summed E-state index contributed by atoms with van der Waals surface area (Å²) in [6.07, 6.45) is 0.530. The van der Waals surface area contributed by atoms with Gasteiger partial charge in [0.1, 0.15) is 0 Å². The van der Waals surface area contributed by atoms with Crippen molar-refractivity contribution in [3.63, 3.8) is 0 Å². The highest BCUT2D eigenvalue weighted by molar-refractivity contribution is 6.31. The van der Waals surface area contributed by atoms with Gasteiger partial charge in [-0.3, -0.25) is 4.79 Å². The van der Waals surface area contributed by atoms with Crippen LogP contribution < -0.4 is 0 Å². The van der Waals surface area contributed by atoms with Crippen molar-refractivity contribution in [1.82, 2.24) is 0 Å². The number of fused-ring (bicyclic) bond motifs is 1. The predicted molar refractivity (Wildman–Crippen MR) is 63.6 cm³/mol. The molecule has 1 nitrogen and oxygen atoms in total. The average molecular weight is 219 g/mol. The predicted octanol–water partition coefficient (Wildman–Crippen LogP) is 4.09. The van der Waals surface area contributed by atoms with Crippen molar-refractivity contribution in [2.45, 2.75) is 13.3 Å². The maximum atomic E-state index is 11.7. The van der Waals surface area contributed by atoms with Gasteiger partial charge in [-0.25, -0.2) is 0 Å². The van der Waals surface area contributed by atoms with Crippen LogP contribution >= 0.6 is 11.6 Å². The van der Waals surface area contributed by atoms with E-state index in [2.05, 4.69) is 0 Å². The van der Waals surface area contributed by atoms with Crippen LogP contribution in [0.4, 0.5) is 0 Å². The van der Waals surface area contributed by atoms with Crippen molar-refractivity contribution in [2.75, 3.05) is 0 Å². The molecule has 2 heteroatoms. The smallest absolute Gasteiger partial charge is 0.163 e. The summed E-state index contributed by atoms with van der Waals surface area (Å²) in [7, 11) is 0. The average Bonchev–Trinajstić information content (AvgIpc) is 2.26. The number of ketones is 1. The second-order valence-electron chi connectivity index (χ2n) is 3.45. The molecule has 0 heterocycles. The number of carbonyl (C=O) groups excluding carboxylic acids is 1. The summed E-state index contributed by atoms with van der Waals surface area (Å²) >= 11 is 5.90. The first-order valence-corrected chi connectivity index (χ1v) is 5.31. The van der Waals surface area contributed by atoms with Gasteiger partial charge in [0.05, 0.1) is 0 Å². The van der Waals surface area contributed by atoms with Gasteiger partial charge < -0.3 is 0 Å². The standard InChI is InChI=1S/C13H11ClO/c1-2-13(15)12-5-3-4-9-8-10(14)6-7-11(9)12/h3-8H,2H2,1H3. The largest absolute Gasteiger partial charge is 0.294 e. The van der Waals surface area contributed by atoms with E-state index in [9.17, 15) is 4.79 Å². The first kappa shape index (κ1) is 10.2. The number of benzene rings is 2. The van der Waals surface area contributed by atoms with Gasteiger partial charge in [0, 0.05) is 17.0 Å². The van der Waals surface area contributed by atoms with Crippen molar-refractivity contribution in [3.05, 3.63) is 47.0 Å². The molecule has 15 heavy (non-hydrogen) atoms. The van der Waals surface area contributed by atoms with Gasteiger partial charge in [-0.05, 0) is 22.9 Å². The number of rotatable bonds is 2. The third-order valence-electron chi connectivity index (χ3n) is 2.46. The van der Waals surface area contributed by atoms with Gasteiger partial charge in [0.25, 0.3) is 0 Å². The third-order valence-corrected chi connectivity index (χ3v) is 2.70. The Labute approximate surface area is 93.7 Å². The summed E-state index contributed by atoms with van der Waals surface area (Å²) in [5, 5.41) is 2.69. The Morgan fingerprint density at radius 1 is 1.27 bits per heavy atom. The maximum absolute atomic E-state index is 11.7. The van der Waals surface area contributed by atoms with Gasteiger partial charge in [-0.15, -0.1) is 0 Å². The van der Waals surface area contributed by atoms with Gasteiger partial charge in [-0.2, -0.15) is 0 Å². The molecule has 0 unspecified atom stereocenters. The third kappa shape index (κ3) is 1.88. The van der Waals surface area contributed by atoms with Crippen molar-refractivity contribution in [3.8, 4) is 0 Å². The van der Waals surface area contributed by atoms with Gasteiger partial charge in [-0.1, -0.05) is 42.8 Å². The van der Waals surface area contributed by atoms with Crippen LogP contribution in [0.25, 0.3) is 10.8 Å². The molecule has 0 spiro atoms. The molecule has 0 fully saturated rings. The zero-order valence-corrected chi connectivity index (χ0v) is 9.21. The molecule has 2 aromatic rings. The van der Waals surface area contributed by atoms with Gasteiger partial charge in [0.15, 0.2) is 5.78 Å². The van der Waals surface area contributed by atoms with Crippen LogP contribution in [0, 0.1) is 0 Å². The fraction of sp³-hybridized carbons (Fsp3) is 0.154. The van der Waals surface area contributed by atoms with Crippen LogP contribution in [0.15, 0.2) is 36.4 Å². The van der Waals surface area contributed by atoms with Gasteiger partial charge >= 0.3 is 0 Å². The maximum Gasteiger partial charge on any atom is 0.163 e. The topological polar surface area (TPSA) is 17.1 Å². The number of hydrogen-bond acceptors (Lipinski definition) is 1. The Bertz CT molecular complexity index is 517. The molecule has 0 aliphatic carbocycles. The molecule has 0 aliphatic rings. The zero-order chi connectivity index (χ0) is 10.8. The van der Waals surface area contributed by atoms with Crippen molar-refractivity contribution in [1.29, 1.82) is 0 Å². The molecule has 0 amide bonds. The summed E-state index contributed by atoms with van der Waals surface area (Å²) in [4.78, 5) is 11.7. The summed E-state index contributed by atoms with van der Waals surface area (Å²) in [6, 6.07) is 11.3. The van der Waals surface area contributed by atoms with E-state index in [-0.39, 0.29) is 5.78 Å². The molecular weight excluding hydrogens is 208 g/mol. The van der Waals surface area contributed by atoms with E-state index in [1.54, 1.807) is 0 Å². The van der Waals surface area contributed by atoms with Crippen LogP contribution in [0.3, 0.4) is 0 Å². The van der Waals surface area contributed by atoms with Crippen molar-refractivity contribution < 1.29 is 4.79 Å².